The Morgan fingerprint density at radius 3 is 2.40 bits per heavy atom. The smallest absolute Gasteiger partial charge is 0.319 e. The van der Waals surface area contributed by atoms with Gasteiger partial charge in [0.2, 0.25) is 0 Å². The zero-order chi connectivity index (χ0) is 14.7. The van der Waals surface area contributed by atoms with E-state index in [2.05, 4.69) is 42.5 Å². The Labute approximate surface area is 133 Å². The number of halogens is 2. The van der Waals surface area contributed by atoms with Gasteiger partial charge in [0, 0.05) is 15.0 Å². The number of hydrogen-bond acceptors (Lipinski definition) is 2. The largest absolute Gasteiger partial charge is 0.481 e. The van der Waals surface area contributed by atoms with Crippen molar-refractivity contribution < 1.29 is 14.7 Å². The van der Waals surface area contributed by atoms with E-state index in [4.69, 9.17) is 5.11 Å². The standard InChI is InChI=1S/C13H14Br2N2O3/c14-9-2-1-3-10(15)11(9)17-13(20)16-8-5-4-7(6-8)12(18)19/h1-3,7-8H,4-6H2,(H,18,19)(H2,16,17,20). The van der Waals surface area contributed by atoms with E-state index >= 15 is 0 Å². The summed E-state index contributed by atoms with van der Waals surface area (Å²) in [4.78, 5) is 22.8. The van der Waals surface area contributed by atoms with Crippen LogP contribution in [-0.2, 0) is 4.79 Å². The summed E-state index contributed by atoms with van der Waals surface area (Å²) in [6.45, 7) is 0. The molecule has 1 saturated carbocycles. The molecule has 0 spiro atoms. The molecule has 1 aliphatic rings. The number of para-hydroxylation sites is 1. The Balaban J connectivity index is 1.92. The maximum absolute atomic E-state index is 11.9. The van der Waals surface area contributed by atoms with E-state index in [1.165, 1.54) is 0 Å². The highest BCUT2D eigenvalue weighted by Crippen LogP contribution is 2.31. The SMILES string of the molecule is O=C(Nc1c(Br)cccc1Br)NC1CCC(C(=O)O)C1. The molecule has 1 fully saturated rings. The normalized spacial score (nSPS) is 21.5. The summed E-state index contributed by atoms with van der Waals surface area (Å²) in [5.41, 5.74) is 0.651. The van der Waals surface area contributed by atoms with Gasteiger partial charge in [-0.15, -0.1) is 0 Å². The number of urea groups is 1. The highest BCUT2D eigenvalue weighted by Gasteiger charge is 2.30. The number of carboxylic acid groups (broad SMARTS) is 1. The van der Waals surface area contributed by atoms with Gasteiger partial charge in [0.05, 0.1) is 11.6 Å². The Morgan fingerprint density at radius 1 is 1.20 bits per heavy atom. The predicted molar refractivity (Wildman–Crippen MR) is 82.8 cm³/mol. The Bertz CT molecular complexity index is 516. The average molecular weight is 406 g/mol. The van der Waals surface area contributed by atoms with Crippen molar-refractivity contribution in [3.8, 4) is 0 Å². The average Bonchev–Trinajstić information content (AvgIpc) is 2.82. The summed E-state index contributed by atoms with van der Waals surface area (Å²) < 4.78 is 1.55. The third-order valence-electron chi connectivity index (χ3n) is 3.32. The molecule has 0 bridgehead atoms. The number of aliphatic carboxylic acids is 1. The minimum Gasteiger partial charge on any atom is -0.481 e. The van der Waals surface area contributed by atoms with E-state index in [1.807, 2.05) is 18.2 Å². The van der Waals surface area contributed by atoms with E-state index in [0.717, 1.165) is 8.95 Å². The molecule has 2 atom stereocenters. The van der Waals surface area contributed by atoms with Crippen molar-refractivity contribution in [2.24, 2.45) is 5.92 Å². The topological polar surface area (TPSA) is 78.4 Å². The minimum absolute atomic E-state index is 0.0858. The molecule has 2 amide bonds. The van der Waals surface area contributed by atoms with Gasteiger partial charge in [0.1, 0.15) is 0 Å². The second-order valence-corrected chi connectivity index (χ2v) is 6.45. The molecule has 1 aliphatic carbocycles. The first-order valence-corrected chi connectivity index (χ1v) is 7.80. The molecule has 108 valence electrons. The van der Waals surface area contributed by atoms with Crippen molar-refractivity contribution in [2.75, 3.05) is 5.32 Å². The fraction of sp³-hybridized carbons (Fsp3) is 0.385. The van der Waals surface area contributed by atoms with Crippen molar-refractivity contribution in [3.05, 3.63) is 27.1 Å². The molecule has 1 aromatic carbocycles. The molecule has 2 rings (SSSR count). The van der Waals surface area contributed by atoms with Crippen molar-refractivity contribution >= 4 is 49.5 Å². The van der Waals surface area contributed by atoms with Gasteiger partial charge < -0.3 is 15.7 Å². The summed E-state index contributed by atoms with van der Waals surface area (Å²) >= 11 is 6.73. The van der Waals surface area contributed by atoms with E-state index in [-0.39, 0.29) is 18.0 Å². The molecule has 0 radical (unpaired) electrons. The van der Waals surface area contributed by atoms with Crippen LogP contribution in [0.5, 0.6) is 0 Å². The van der Waals surface area contributed by atoms with Crippen LogP contribution in [0.15, 0.2) is 27.1 Å². The van der Waals surface area contributed by atoms with Gasteiger partial charge in [0.25, 0.3) is 0 Å². The number of rotatable bonds is 3. The molecule has 3 N–H and O–H groups in total. The van der Waals surface area contributed by atoms with Crippen LogP contribution in [-0.4, -0.2) is 23.1 Å². The summed E-state index contributed by atoms with van der Waals surface area (Å²) in [5, 5.41) is 14.5. The Hall–Kier alpha value is -1.08. The number of anilines is 1. The molecule has 20 heavy (non-hydrogen) atoms. The van der Waals surface area contributed by atoms with Crippen LogP contribution in [0.25, 0.3) is 0 Å². The molecular weight excluding hydrogens is 392 g/mol. The Kier molecular flexibility index (Phi) is 5.04. The maximum Gasteiger partial charge on any atom is 0.319 e. The zero-order valence-electron chi connectivity index (χ0n) is 10.5. The van der Waals surface area contributed by atoms with Gasteiger partial charge in [-0.25, -0.2) is 4.79 Å². The molecule has 0 aromatic heterocycles. The molecular formula is C13H14Br2N2O3. The van der Waals surface area contributed by atoms with Crippen LogP contribution < -0.4 is 10.6 Å². The van der Waals surface area contributed by atoms with E-state index in [9.17, 15) is 9.59 Å². The highest BCUT2D eigenvalue weighted by molar-refractivity contribution is 9.11. The quantitative estimate of drug-likeness (QED) is 0.718. The third kappa shape index (κ3) is 3.73. The fourth-order valence-electron chi connectivity index (χ4n) is 2.29. The van der Waals surface area contributed by atoms with Crippen molar-refractivity contribution in [2.45, 2.75) is 25.3 Å². The number of carboxylic acids is 1. The maximum atomic E-state index is 11.9. The monoisotopic (exact) mass is 404 g/mol. The summed E-state index contributed by atoms with van der Waals surface area (Å²) in [7, 11) is 0. The molecule has 0 saturated heterocycles. The number of nitrogens with one attached hydrogen (secondary N) is 2. The number of benzene rings is 1. The second-order valence-electron chi connectivity index (χ2n) is 4.74. The van der Waals surface area contributed by atoms with Crippen LogP contribution in [0, 0.1) is 5.92 Å². The van der Waals surface area contributed by atoms with Gasteiger partial charge >= 0.3 is 12.0 Å². The lowest BCUT2D eigenvalue weighted by molar-refractivity contribution is -0.141. The van der Waals surface area contributed by atoms with Crippen molar-refractivity contribution in [1.29, 1.82) is 0 Å². The first-order chi connectivity index (χ1) is 9.47. The van der Waals surface area contributed by atoms with E-state index in [0.29, 0.717) is 24.9 Å². The zero-order valence-corrected chi connectivity index (χ0v) is 13.7. The predicted octanol–water partition coefficient (Wildman–Crippen LogP) is 3.59. The summed E-state index contributed by atoms with van der Waals surface area (Å²) in [5.74, 6) is -1.14. The molecule has 5 nitrogen and oxygen atoms in total. The lowest BCUT2D eigenvalue weighted by Crippen LogP contribution is -2.36. The van der Waals surface area contributed by atoms with Gasteiger partial charge in [-0.05, 0) is 63.3 Å². The number of amides is 2. The van der Waals surface area contributed by atoms with Crippen LogP contribution in [0.4, 0.5) is 10.5 Å². The van der Waals surface area contributed by atoms with E-state index in [1.54, 1.807) is 0 Å². The molecule has 1 aromatic rings. The van der Waals surface area contributed by atoms with Gasteiger partial charge in [0.15, 0.2) is 0 Å². The van der Waals surface area contributed by atoms with Gasteiger partial charge in [-0.2, -0.15) is 0 Å². The second kappa shape index (κ2) is 6.58. The van der Waals surface area contributed by atoms with Crippen molar-refractivity contribution in [1.82, 2.24) is 5.32 Å². The molecule has 2 unspecified atom stereocenters. The number of carbonyl (C=O) groups excluding carboxylic acids is 1. The summed E-state index contributed by atoms with van der Waals surface area (Å²) in [6, 6.07) is 5.10. The minimum atomic E-state index is -0.789. The van der Waals surface area contributed by atoms with E-state index < -0.39 is 5.97 Å². The van der Waals surface area contributed by atoms with Crippen LogP contribution in [0.2, 0.25) is 0 Å². The third-order valence-corrected chi connectivity index (χ3v) is 4.64. The lowest BCUT2D eigenvalue weighted by Gasteiger charge is -2.15. The van der Waals surface area contributed by atoms with Crippen LogP contribution in [0.3, 0.4) is 0 Å². The highest BCUT2D eigenvalue weighted by atomic mass is 79.9. The van der Waals surface area contributed by atoms with Crippen LogP contribution in [0.1, 0.15) is 19.3 Å². The summed E-state index contributed by atoms with van der Waals surface area (Å²) in [6.07, 6.45) is 1.79. The number of carbonyl (C=O) groups is 2. The fourth-order valence-corrected chi connectivity index (χ4v) is 3.49. The first kappa shape index (κ1) is 15.3. The van der Waals surface area contributed by atoms with Crippen molar-refractivity contribution in [3.63, 3.8) is 0 Å². The van der Waals surface area contributed by atoms with Gasteiger partial charge in [-0.3, -0.25) is 4.79 Å². The lowest BCUT2D eigenvalue weighted by atomic mass is 10.1. The van der Waals surface area contributed by atoms with Crippen LogP contribution >= 0.6 is 31.9 Å². The molecule has 7 heteroatoms. The Morgan fingerprint density at radius 2 is 1.85 bits per heavy atom. The molecule has 0 heterocycles. The van der Waals surface area contributed by atoms with Gasteiger partial charge in [-0.1, -0.05) is 6.07 Å². The molecule has 0 aliphatic heterocycles. The first-order valence-electron chi connectivity index (χ1n) is 6.21. The number of hydrogen-bond donors (Lipinski definition) is 3.